The number of carbonyl (C=O) groups excluding carboxylic acids is 1. The summed E-state index contributed by atoms with van der Waals surface area (Å²) >= 11 is 0. The lowest BCUT2D eigenvalue weighted by atomic mass is 10.4. The maximum Gasteiger partial charge on any atom is 0.271 e. The van der Waals surface area contributed by atoms with Gasteiger partial charge in [0.25, 0.3) is 5.91 Å². The SMILES string of the molecule is CCCCOCCNC(=O)c1cn(CCN)cn1. The Labute approximate surface area is 108 Å². The molecule has 0 unspecified atom stereocenters. The number of imidazole rings is 1. The van der Waals surface area contributed by atoms with Gasteiger partial charge in [-0.15, -0.1) is 0 Å². The Hall–Kier alpha value is -1.40. The summed E-state index contributed by atoms with van der Waals surface area (Å²) in [6, 6.07) is 0. The summed E-state index contributed by atoms with van der Waals surface area (Å²) in [7, 11) is 0. The van der Waals surface area contributed by atoms with Crippen LogP contribution in [0.5, 0.6) is 0 Å². The van der Waals surface area contributed by atoms with E-state index in [4.69, 9.17) is 10.5 Å². The molecule has 0 aliphatic carbocycles. The molecule has 0 radical (unpaired) electrons. The number of rotatable bonds is 9. The smallest absolute Gasteiger partial charge is 0.271 e. The molecule has 0 fully saturated rings. The van der Waals surface area contributed by atoms with Crippen LogP contribution in [0.4, 0.5) is 0 Å². The maximum atomic E-state index is 11.7. The molecule has 6 nitrogen and oxygen atoms in total. The second-order valence-electron chi connectivity index (χ2n) is 4.01. The van der Waals surface area contributed by atoms with Crippen LogP contribution < -0.4 is 11.1 Å². The number of hydrogen-bond donors (Lipinski definition) is 2. The van der Waals surface area contributed by atoms with Crippen molar-refractivity contribution in [2.75, 3.05) is 26.3 Å². The van der Waals surface area contributed by atoms with Gasteiger partial charge < -0.3 is 20.4 Å². The quantitative estimate of drug-likeness (QED) is 0.624. The molecule has 1 rings (SSSR count). The van der Waals surface area contributed by atoms with E-state index in [0.717, 1.165) is 19.4 Å². The van der Waals surface area contributed by atoms with Crippen molar-refractivity contribution in [1.82, 2.24) is 14.9 Å². The van der Waals surface area contributed by atoms with Crippen LogP contribution in [0, 0.1) is 0 Å². The fourth-order valence-electron chi connectivity index (χ4n) is 1.42. The highest BCUT2D eigenvalue weighted by molar-refractivity contribution is 5.91. The van der Waals surface area contributed by atoms with E-state index in [1.807, 2.05) is 0 Å². The fraction of sp³-hybridized carbons (Fsp3) is 0.667. The van der Waals surface area contributed by atoms with Crippen molar-refractivity contribution in [3.63, 3.8) is 0 Å². The minimum Gasteiger partial charge on any atom is -0.380 e. The zero-order chi connectivity index (χ0) is 13.2. The number of amides is 1. The maximum absolute atomic E-state index is 11.7. The van der Waals surface area contributed by atoms with E-state index in [9.17, 15) is 4.79 Å². The molecule has 0 saturated carbocycles. The van der Waals surface area contributed by atoms with E-state index in [1.165, 1.54) is 0 Å². The average Bonchev–Trinajstić information content (AvgIpc) is 2.82. The van der Waals surface area contributed by atoms with E-state index >= 15 is 0 Å². The number of nitrogens with one attached hydrogen (secondary N) is 1. The van der Waals surface area contributed by atoms with Crippen LogP contribution in [0.25, 0.3) is 0 Å². The first kappa shape index (κ1) is 14.7. The first-order valence-corrected chi connectivity index (χ1v) is 6.35. The van der Waals surface area contributed by atoms with Crippen molar-refractivity contribution in [2.45, 2.75) is 26.3 Å². The van der Waals surface area contributed by atoms with Crippen molar-refractivity contribution in [2.24, 2.45) is 5.73 Å². The number of ether oxygens (including phenoxy) is 1. The molecule has 1 aromatic heterocycles. The molecular weight excluding hydrogens is 232 g/mol. The van der Waals surface area contributed by atoms with Crippen molar-refractivity contribution >= 4 is 5.91 Å². The minimum atomic E-state index is -0.176. The minimum absolute atomic E-state index is 0.176. The fourth-order valence-corrected chi connectivity index (χ4v) is 1.42. The van der Waals surface area contributed by atoms with Gasteiger partial charge in [0.1, 0.15) is 5.69 Å². The highest BCUT2D eigenvalue weighted by atomic mass is 16.5. The van der Waals surface area contributed by atoms with Crippen molar-refractivity contribution in [1.29, 1.82) is 0 Å². The van der Waals surface area contributed by atoms with Gasteiger partial charge in [-0.2, -0.15) is 0 Å². The Morgan fingerprint density at radius 1 is 1.56 bits per heavy atom. The number of hydrogen-bond acceptors (Lipinski definition) is 4. The van der Waals surface area contributed by atoms with Gasteiger partial charge in [-0.1, -0.05) is 13.3 Å². The molecule has 0 aliphatic rings. The van der Waals surface area contributed by atoms with Crippen LogP contribution in [0.1, 0.15) is 30.3 Å². The van der Waals surface area contributed by atoms with Gasteiger partial charge in [0.2, 0.25) is 0 Å². The molecular formula is C12H22N4O2. The predicted molar refractivity (Wildman–Crippen MR) is 69.3 cm³/mol. The predicted octanol–water partition coefficient (Wildman–Crippen LogP) is 0.388. The van der Waals surface area contributed by atoms with Gasteiger partial charge >= 0.3 is 0 Å². The van der Waals surface area contributed by atoms with Crippen LogP contribution in [0.2, 0.25) is 0 Å². The molecule has 1 heterocycles. The molecule has 0 aliphatic heterocycles. The first-order chi connectivity index (χ1) is 8.77. The normalized spacial score (nSPS) is 10.6. The molecule has 1 aromatic rings. The lowest BCUT2D eigenvalue weighted by Gasteiger charge is -2.04. The summed E-state index contributed by atoms with van der Waals surface area (Å²) in [6.07, 6.45) is 5.47. The molecule has 0 saturated heterocycles. The summed E-state index contributed by atoms with van der Waals surface area (Å²) in [5, 5.41) is 2.76. The van der Waals surface area contributed by atoms with Gasteiger partial charge in [0.15, 0.2) is 0 Å². The second-order valence-corrected chi connectivity index (χ2v) is 4.01. The molecule has 18 heavy (non-hydrogen) atoms. The number of unbranched alkanes of at least 4 members (excludes halogenated alkanes) is 1. The van der Waals surface area contributed by atoms with Gasteiger partial charge in [0, 0.05) is 32.4 Å². The van der Waals surface area contributed by atoms with Crippen LogP contribution in [0.3, 0.4) is 0 Å². The monoisotopic (exact) mass is 254 g/mol. The first-order valence-electron chi connectivity index (χ1n) is 6.35. The zero-order valence-electron chi connectivity index (χ0n) is 10.9. The summed E-state index contributed by atoms with van der Waals surface area (Å²) in [6.45, 7) is 5.10. The molecule has 6 heteroatoms. The lowest BCUT2D eigenvalue weighted by molar-refractivity contribution is 0.0908. The topological polar surface area (TPSA) is 82.2 Å². The molecule has 0 bridgehead atoms. The largest absolute Gasteiger partial charge is 0.380 e. The summed E-state index contributed by atoms with van der Waals surface area (Å²) in [4.78, 5) is 15.7. The van der Waals surface area contributed by atoms with Crippen molar-refractivity contribution in [3.8, 4) is 0 Å². The Morgan fingerprint density at radius 3 is 3.11 bits per heavy atom. The number of aromatic nitrogens is 2. The summed E-state index contributed by atoms with van der Waals surface area (Å²) < 4.78 is 7.15. The van der Waals surface area contributed by atoms with E-state index < -0.39 is 0 Å². The lowest BCUT2D eigenvalue weighted by Crippen LogP contribution is -2.27. The van der Waals surface area contributed by atoms with E-state index in [0.29, 0.717) is 31.9 Å². The highest BCUT2D eigenvalue weighted by Gasteiger charge is 2.07. The average molecular weight is 254 g/mol. The van der Waals surface area contributed by atoms with E-state index in [2.05, 4.69) is 17.2 Å². The second kappa shape index (κ2) is 8.66. The van der Waals surface area contributed by atoms with Gasteiger partial charge in [0.05, 0.1) is 12.9 Å². The van der Waals surface area contributed by atoms with Gasteiger partial charge in [-0.25, -0.2) is 4.98 Å². The highest BCUT2D eigenvalue weighted by Crippen LogP contribution is 1.95. The Morgan fingerprint density at radius 2 is 2.39 bits per heavy atom. The third kappa shape index (κ3) is 5.29. The standard InChI is InChI=1S/C12H22N4O2/c1-2-3-7-18-8-5-14-12(17)11-9-16(6-4-13)10-15-11/h9-10H,2-8,13H2,1H3,(H,14,17). The Bertz CT molecular complexity index is 352. The molecule has 0 spiro atoms. The molecule has 0 aromatic carbocycles. The third-order valence-electron chi connectivity index (χ3n) is 2.43. The zero-order valence-corrected chi connectivity index (χ0v) is 10.9. The van der Waals surface area contributed by atoms with Crippen LogP contribution in [-0.2, 0) is 11.3 Å². The Kier molecular flexibility index (Phi) is 7.05. The van der Waals surface area contributed by atoms with Crippen molar-refractivity contribution < 1.29 is 9.53 Å². The van der Waals surface area contributed by atoms with Gasteiger partial charge in [-0.05, 0) is 6.42 Å². The Balaban J connectivity index is 2.19. The molecule has 3 N–H and O–H groups in total. The molecule has 0 atom stereocenters. The summed E-state index contributed by atoms with van der Waals surface area (Å²) in [5.74, 6) is -0.176. The number of nitrogens with zero attached hydrogens (tertiary/aromatic N) is 2. The van der Waals surface area contributed by atoms with E-state index in [1.54, 1.807) is 17.1 Å². The van der Waals surface area contributed by atoms with E-state index in [-0.39, 0.29) is 5.91 Å². The number of carbonyl (C=O) groups is 1. The van der Waals surface area contributed by atoms with Crippen LogP contribution >= 0.6 is 0 Å². The molecule has 1 amide bonds. The van der Waals surface area contributed by atoms with Gasteiger partial charge in [-0.3, -0.25) is 4.79 Å². The third-order valence-corrected chi connectivity index (χ3v) is 2.43. The molecule has 102 valence electrons. The van der Waals surface area contributed by atoms with Crippen LogP contribution in [-0.4, -0.2) is 41.8 Å². The number of nitrogens with two attached hydrogens (primary N) is 1. The summed E-state index contributed by atoms with van der Waals surface area (Å²) in [5.41, 5.74) is 5.83. The van der Waals surface area contributed by atoms with Crippen molar-refractivity contribution in [3.05, 3.63) is 18.2 Å². The van der Waals surface area contributed by atoms with Crippen LogP contribution in [0.15, 0.2) is 12.5 Å².